The molecule has 0 rings (SSSR count). The fourth-order valence-electron chi connectivity index (χ4n) is 1.11. The van der Waals surface area contributed by atoms with Gasteiger partial charge in [-0.3, -0.25) is 4.79 Å². The lowest BCUT2D eigenvalue weighted by Crippen LogP contribution is -2.23. The average molecular weight is 201 g/mol. The summed E-state index contributed by atoms with van der Waals surface area (Å²) < 4.78 is 5.15. The maximum absolute atomic E-state index is 10.5. The normalized spacial score (nSPS) is 10.9. The SMILES string of the molecule is CC(=O)COCCCCCNC(C)C. The van der Waals surface area contributed by atoms with Crippen molar-refractivity contribution < 1.29 is 9.53 Å². The average Bonchev–Trinajstić information content (AvgIpc) is 2.08. The minimum Gasteiger partial charge on any atom is -0.374 e. The number of ketones is 1. The first kappa shape index (κ1) is 13.6. The minimum atomic E-state index is 0.103. The smallest absolute Gasteiger partial charge is 0.155 e. The van der Waals surface area contributed by atoms with Crippen LogP contribution in [0.5, 0.6) is 0 Å². The van der Waals surface area contributed by atoms with E-state index in [2.05, 4.69) is 19.2 Å². The van der Waals surface area contributed by atoms with Crippen LogP contribution < -0.4 is 5.32 Å². The molecule has 3 heteroatoms. The van der Waals surface area contributed by atoms with E-state index in [-0.39, 0.29) is 12.4 Å². The number of nitrogens with one attached hydrogen (secondary N) is 1. The molecule has 0 aromatic rings. The highest BCUT2D eigenvalue weighted by atomic mass is 16.5. The Morgan fingerprint density at radius 1 is 1.29 bits per heavy atom. The van der Waals surface area contributed by atoms with E-state index >= 15 is 0 Å². The standard InChI is InChI=1S/C11H23NO2/c1-10(2)12-7-5-4-6-8-14-9-11(3)13/h10,12H,4-9H2,1-3H3. The van der Waals surface area contributed by atoms with Gasteiger partial charge in [0.05, 0.1) is 0 Å². The van der Waals surface area contributed by atoms with Crippen LogP contribution in [0.3, 0.4) is 0 Å². The fraction of sp³-hybridized carbons (Fsp3) is 0.909. The Morgan fingerprint density at radius 2 is 2.00 bits per heavy atom. The zero-order valence-corrected chi connectivity index (χ0v) is 9.64. The number of carbonyl (C=O) groups excluding carboxylic acids is 1. The van der Waals surface area contributed by atoms with Gasteiger partial charge in [0, 0.05) is 12.6 Å². The molecule has 0 aromatic carbocycles. The summed E-state index contributed by atoms with van der Waals surface area (Å²) in [6.07, 6.45) is 3.40. The molecule has 0 spiro atoms. The Bertz CT molecular complexity index is 146. The summed E-state index contributed by atoms with van der Waals surface area (Å²) in [6.45, 7) is 7.90. The fourth-order valence-corrected chi connectivity index (χ4v) is 1.11. The first-order chi connectivity index (χ1) is 6.63. The molecule has 0 fully saturated rings. The van der Waals surface area contributed by atoms with Crippen molar-refractivity contribution in [2.45, 2.75) is 46.1 Å². The molecule has 0 aliphatic rings. The predicted molar refractivity (Wildman–Crippen MR) is 58.5 cm³/mol. The maximum atomic E-state index is 10.5. The van der Waals surface area contributed by atoms with Gasteiger partial charge < -0.3 is 10.1 Å². The minimum absolute atomic E-state index is 0.103. The number of hydrogen-bond acceptors (Lipinski definition) is 3. The third-order valence-electron chi connectivity index (χ3n) is 1.82. The highest BCUT2D eigenvalue weighted by Crippen LogP contribution is 1.95. The third kappa shape index (κ3) is 11.6. The predicted octanol–water partition coefficient (Wildman–Crippen LogP) is 1.76. The molecular weight excluding hydrogens is 178 g/mol. The van der Waals surface area contributed by atoms with E-state index in [9.17, 15) is 4.79 Å². The van der Waals surface area contributed by atoms with Crippen molar-refractivity contribution in [3.8, 4) is 0 Å². The number of unbranched alkanes of at least 4 members (excludes halogenated alkanes) is 2. The van der Waals surface area contributed by atoms with Crippen LogP contribution in [0, 0.1) is 0 Å². The number of rotatable bonds is 9. The quantitative estimate of drug-likeness (QED) is 0.578. The first-order valence-electron chi connectivity index (χ1n) is 5.43. The van der Waals surface area contributed by atoms with E-state index in [0.29, 0.717) is 12.6 Å². The van der Waals surface area contributed by atoms with Gasteiger partial charge in [0.25, 0.3) is 0 Å². The van der Waals surface area contributed by atoms with E-state index in [0.717, 1.165) is 19.4 Å². The lowest BCUT2D eigenvalue weighted by atomic mass is 10.2. The summed E-state index contributed by atoms with van der Waals surface area (Å²) in [5.74, 6) is 0.103. The van der Waals surface area contributed by atoms with Gasteiger partial charge in [-0.25, -0.2) is 0 Å². The zero-order valence-electron chi connectivity index (χ0n) is 9.64. The van der Waals surface area contributed by atoms with Crippen molar-refractivity contribution in [1.29, 1.82) is 0 Å². The Morgan fingerprint density at radius 3 is 2.57 bits per heavy atom. The van der Waals surface area contributed by atoms with E-state index in [1.54, 1.807) is 6.92 Å². The molecule has 3 nitrogen and oxygen atoms in total. The Balaban J connectivity index is 2.96. The van der Waals surface area contributed by atoms with Gasteiger partial charge in [0.15, 0.2) is 5.78 Å². The monoisotopic (exact) mass is 201 g/mol. The first-order valence-corrected chi connectivity index (χ1v) is 5.43. The zero-order chi connectivity index (χ0) is 10.8. The summed E-state index contributed by atoms with van der Waals surface area (Å²) in [5, 5.41) is 3.36. The molecule has 0 atom stereocenters. The molecular formula is C11H23NO2. The molecule has 0 aromatic heterocycles. The van der Waals surface area contributed by atoms with E-state index in [1.807, 2.05) is 0 Å². The third-order valence-corrected chi connectivity index (χ3v) is 1.82. The number of Topliss-reactive ketones (excluding diaryl/α,β-unsaturated/α-hetero) is 1. The topological polar surface area (TPSA) is 38.3 Å². The second-order valence-corrected chi connectivity index (χ2v) is 3.92. The van der Waals surface area contributed by atoms with E-state index < -0.39 is 0 Å². The lowest BCUT2D eigenvalue weighted by Gasteiger charge is -2.07. The molecule has 14 heavy (non-hydrogen) atoms. The largest absolute Gasteiger partial charge is 0.374 e. The van der Waals surface area contributed by atoms with Crippen LogP contribution in [0.4, 0.5) is 0 Å². The summed E-state index contributed by atoms with van der Waals surface area (Å²) in [7, 11) is 0. The van der Waals surface area contributed by atoms with Crippen LogP contribution in [-0.2, 0) is 9.53 Å². The van der Waals surface area contributed by atoms with Gasteiger partial charge in [0.1, 0.15) is 6.61 Å². The molecule has 0 aliphatic heterocycles. The summed E-state index contributed by atoms with van der Waals surface area (Å²) in [5.41, 5.74) is 0. The molecule has 84 valence electrons. The second kappa shape index (κ2) is 9.16. The van der Waals surface area contributed by atoms with Crippen LogP contribution in [0.2, 0.25) is 0 Å². The summed E-state index contributed by atoms with van der Waals surface area (Å²) >= 11 is 0. The van der Waals surface area contributed by atoms with Crippen molar-refractivity contribution in [2.75, 3.05) is 19.8 Å². The van der Waals surface area contributed by atoms with Crippen molar-refractivity contribution in [1.82, 2.24) is 5.32 Å². The Kier molecular flexibility index (Phi) is 8.89. The molecule has 1 N–H and O–H groups in total. The van der Waals surface area contributed by atoms with Crippen LogP contribution in [-0.4, -0.2) is 31.6 Å². The van der Waals surface area contributed by atoms with Gasteiger partial charge in [-0.05, 0) is 32.7 Å². The van der Waals surface area contributed by atoms with Gasteiger partial charge >= 0.3 is 0 Å². The van der Waals surface area contributed by atoms with Crippen molar-refractivity contribution in [2.24, 2.45) is 0 Å². The van der Waals surface area contributed by atoms with E-state index in [1.165, 1.54) is 6.42 Å². The highest BCUT2D eigenvalue weighted by Gasteiger charge is 1.94. The maximum Gasteiger partial charge on any atom is 0.155 e. The van der Waals surface area contributed by atoms with E-state index in [4.69, 9.17) is 4.74 Å². The lowest BCUT2D eigenvalue weighted by molar-refractivity contribution is -0.121. The van der Waals surface area contributed by atoms with Gasteiger partial charge in [0.2, 0.25) is 0 Å². The molecule has 0 amide bonds. The van der Waals surface area contributed by atoms with Crippen molar-refractivity contribution >= 4 is 5.78 Å². The molecule has 0 radical (unpaired) electrons. The Hall–Kier alpha value is -0.410. The summed E-state index contributed by atoms with van der Waals surface area (Å²) in [6, 6.07) is 0.573. The molecule has 0 aliphatic carbocycles. The molecule has 0 unspecified atom stereocenters. The number of ether oxygens (including phenoxy) is 1. The molecule has 0 heterocycles. The van der Waals surface area contributed by atoms with Gasteiger partial charge in [-0.1, -0.05) is 13.8 Å². The summed E-state index contributed by atoms with van der Waals surface area (Å²) in [4.78, 5) is 10.5. The highest BCUT2D eigenvalue weighted by molar-refractivity contribution is 5.76. The number of carbonyl (C=O) groups is 1. The number of hydrogen-bond donors (Lipinski definition) is 1. The van der Waals surface area contributed by atoms with Crippen LogP contribution in [0.15, 0.2) is 0 Å². The molecule has 0 saturated carbocycles. The van der Waals surface area contributed by atoms with Crippen LogP contribution in [0.25, 0.3) is 0 Å². The van der Waals surface area contributed by atoms with Crippen LogP contribution >= 0.6 is 0 Å². The molecule has 0 saturated heterocycles. The molecule has 0 bridgehead atoms. The van der Waals surface area contributed by atoms with Crippen molar-refractivity contribution in [3.05, 3.63) is 0 Å². The van der Waals surface area contributed by atoms with Gasteiger partial charge in [-0.15, -0.1) is 0 Å². The van der Waals surface area contributed by atoms with Gasteiger partial charge in [-0.2, -0.15) is 0 Å². The van der Waals surface area contributed by atoms with Crippen LogP contribution in [0.1, 0.15) is 40.0 Å². The van der Waals surface area contributed by atoms with Crippen molar-refractivity contribution in [3.63, 3.8) is 0 Å². The Labute approximate surface area is 87.2 Å². The second-order valence-electron chi connectivity index (χ2n) is 3.92.